The summed E-state index contributed by atoms with van der Waals surface area (Å²) in [7, 11) is 0. The molecule has 3 rings (SSSR count). The molecule has 0 atom stereocenters. The molecule has 0 unspecified atom stereocenters. The number of pyridine rings is 1. The molecule has 0 aliphatic carbocycles. The van der Waals surface area contributed by atoms with E-state index < -0.39 is 0 Å². The largest absolute Gasteiger partial charge is 0.352 e. The van der Waals surface area contributed by atoms with Crippen molar-refractivity contribution < 1.29 is 4.79 Å². The number of fused-ring (bicyclic) bond motifs is 1. The van der Waals surface area contributed by atoms with Gasteiger partial charge in [-0.1, -0.05) is 19.1 Å². The average Bonchev–Trinajstić information content (AvgIpc) is 2.93. The summed E-state index contributed by atoms with van der Waals surface area (Å²) < 4.78 is 3.03. The highest BCUT2D eigenvalue weighted by Crippen LogP contribution is 2.17. The van der Waals surface area contributed by atoms with E-state index >= 15 is 0 Å². The van der Waals surface area contributed by atoms with Crippen LogP contribution in [0.3, 0.4) is 0 Å². The summed E-state index contributed by atoms with van der Waals surface area (Å²) in [6.45, 7) is 3.62. The van der Waals surface area contributed by atoms with Crippen molar-refractivity contribution in [2.75, 3.05) is 6.54 Å². The number of carbonyl (C=O) groups is 1. The molecule has 124 valence electrons. The number of hydrogen-bond donors (Lipinski definition) is 1. The van der Waals surface area contributed by atoms with E-state index in [9.17, 15) is 4.79 Å². The minimum Gasteiger partial charge on any atom is -0.352 e. The Morgan fingerprint density at radius 2 is 2.12 bits per heavy atom. The van der Waals surface area contributed by atoms with Gasteiger partial charge < -0.3 is 9.88 Å². The van der Waals surface area contributed by atoms with E-state index in [0.29, 0.717) is 18.5 Å². The van der Waals surface area contributed by atoms with Crippen molar-refractivity contribution in [3.63, 3.8) is 0 Å². The zero-order valence-electron chi connectivity index (χ0n) is 13.5. The molecule has 0 fully saturated rings. The van der Waals surface area contributed by atoms with E-state index in [1.54, 1.807) is 18.5 Å². The lowest BCUT2D eigenvalue weighted by Crippen LogP contribution is -2.26. The number of hydrogen-bond acceptors (Lipinski definition) is 3. The molecule has 2 heterocycles. The zero-order valence-corrected chi connectivity index (χ0v) is 15.1. The fourth-order valence-electron chi connectivity index (χ4n) is 2.72. The molecular formula is C18H19BrN4O. The number of para-hydroxylation sites is 2. The number of aryl methyl sites for hydroxylation is 1. The fourth-order valence-corrected chi connectivity index (χ4v) is 3.08. The van der Waals surface area contributed by atoms with E-state index in [4.69, 9.17) is 4.98 Å². The lowest BCUT2D eigenvalue weighted by atomic mass is 10.2. The molecule has 1 amide bonds. The van der Waals surface area contributed by atoms with Crippen LogP contribution in [0.5, 0.6) is 0 Å². The summed E-state index contributed by atoms with van der Waals surface area (Å²) in [5.74, 6) is 0.882. The van der Waals surface area contributed by atoms with Crippen molar-refractivity contribution in [3.05, 3.63) is 58.6 Å². The van der Waals surface area contributed by atoms with E-state index in [2.05, 4.69) is 43.8 Å². The smallest absolute Gasteiger partial charge is 0.252 e. The van der Waals surface area contributed by atoms with Crippen LogP contribution in [0, 0.1) is 0 Å². The Kier molecular flexibility index (Phi) is 5.25. The summed E-state index contributed by atoms with van der Waals surface area (Å²) in [6, 6.07) is 9.90. The van der Waals surface area contributed by atoms with Crippen LogP contribution >= 0.6 is 15.9 Å². The minimum absolute atomic E-state index is 0.123. The van der Waals surface area contributed by atoms with Crippen LogP contribution in [-0.4, -0.2) is 27.0 Å². The van der Waals surface area contributed by atoms with Crippen LogP contribution in [-0.2, 0) is 13.0 Å². The SMILES string of the molecule is CCCn1c(CCNC(=O)c2cncc(Br)c2)nc2ccccc21. The Morgan fingerprint density at radius 3 is 2.92 bits per heavy atom. The molecule has 0 radical (unpaired) electrons. The van der Waals surface area contributed by atoms with Crippen molar-refractivity contribution in [2.24, 2.45) is 0 Å². The molecule has 6 heteroatoms. The third kappa shape index (κ3) is 3.64. The van der Waals surface area contributed by atoms with Gasteiger partial charge in [-0.3, -0.25) is 9.78 Å². The number of aromatic nitrogens is 3. The molecule has 0 spiro atoms. The Morgan fingerprint density at radius 1 is 1.29 bits per heavy atom. The Balaban J connectivity index is 1.69. The van der Waals surface area contributed by atoms with Gasteiger partial charge in [-0.15, -0.1) is 0 Å². The molecule has 0 aliphatic heterocycles. The first-order chi connectivity index (χ1) is 11.7. The van der Waals surface area contributed by atoms with Crippen molar-refractivity contribution in [1.82, 2.24) is 19.9 Å². The monoisotopic (exact) mass is 386 g/mol. The highest BCUT2D eigenvalue weighted by Gasteiger charge is 2.11. The van der Waals surface area contributed by atoms with Crippen LogP contribution in [0.15, 0.2) is 47.2 Å². The van der Waals surface area contributed by atoms with Gasteiger partial charge in [-0.2, -0.15) is 0 Å². The van der Waals surface area contributed by atoms with E-state index in [1.165, 1.54) is 0 Å². The summed E-state index contributed by atoms with van der Waals surface area (Å²) in [6.07, 6.45) is 4.96. The molecule has 5 nitrogen and oxygen atoms in total. The van der Waals surface area contributed by atoms with E-state index in [1.807, 2.05) is 18.2 Å². The number of amides is 1. The standard InChI is InChI=1S/C18H19BrN4O/c1-2-9-23-16-6-4-3-5-15(16)22-17(23)7-8-21-18(24)13-10-14(19)12-20-11-13/h3-6,10-12H,2,7-9H2,1H3,(H,21,24). The summed E-state index contributed by atoms with van der Waals surface area (Å²) >= 11 is 3.33. The van der Waals surface area contributed by atoms with E-state index in [0.717, 1.165) is 34.3 Å². The summed E-state index contributed by atoms with van der Waals surface area (Å²) in [5.41, 5.74) is 2.70. The van der Waals surface area contributed by atoms with Gasteiger partial charge in [0.1, 0.15) is 5.82 Å². The number of halogens is 1. The maximum Gasteiger partial charge on any atom is 0.252 e. The second-order valence-corrected chi connectivity index (χ2v) is 6.48. The first kappa shape index (κ1) is 16.6. The topological polar surface area (TPSA) is 59.8 Å². The molecule has 1 aromatic carbocycles. The Labute approximate surface area is 149 Å². The number of nitrogens with zero attached hydrogens (tertiary/aromatic N) is 3. The Bertz CT molecular complexity index is 859. The third-order valence-electron chi connectivity index (χ3n) is 3.78. The van der Waals surface area contributed by atoms with Gasteiger partial charge in [0.25, 0.3) is 5.91 Å². The fraction of sp³-hybridized carbons (Fsp3) is 0.278. The minimum atomic E-state index is -0.123. The molecule has 2 aromatic heterocycles. The molecule has 0 bridgehead atoms. The first-order valence-electron chi connectivity index (χ1n) is 8.02. The maximum atomic E-state index is 12.2. The van der Waals surface area contributed by atoms with Crippen LogP contribution in [0.4, 0.5) is 0 Å². The molecule has 24 heavy (non-hydrogen) atoms. The Hall–Kier alpha value is -2.21. The number of benzene rings is 1. The first-order valence-corrected chi connectivity index (χ1v) is 8.81. The van der Waals surface area contributed by atoms with Crippen molar-refractivity contribution in [3.8, 4) is 0 Å². The molecular weight excluding hydrogens is 368 g/mol. The second kappa shape index (κ2) is 7.57. The van der Waals surface area contributed by atoms with Gasteiger partial charge >= 0.3 is 0 Å². The third-order valence-corrected chi connectivity index (χ3v) is 4.22. The summed E-state index contributed by atoms with van der Waals surface area (Å²) in [5, 5.41) is 2.94. The maximum absolute atomic E-state index is 12.2. The average molecular weight is 387 g/mol. The van der Waals surface area contributed by atoms with Gasteiger partial charge in [-0.05, 0) is 40.5 Å². The lowest BCUT2D eigenvalue weighted by Gasteiger charge is -2.09. The van der Waals surface area contributed by atoms with Gasteiger partial charge in [-0.25, -0.2) is 4.98 Å². The number of imidazole rings is 1. The van der Waals surface area contributed by atoms with Gasteiger partial charge in [0, 0.05) is 36.4 Å². The predicted octanol–water partition coefficient (Wildman–Crippen LogP) is 3.58. The van der Waals surface area contributed by atoms with Gasteiger partial charge in [0.2, 0.25) is 0 Å². The van der Waals surface area contributed by atoms with Crippen molar-refractivity contribution in [1.29, 1.82) is 0 Å². The molecule has 0 saturated heterocycles. The van der Waals surface area contributed by atoms with Crippen LogP contribution < -0.4 is 5.32 Å². The van der Waals surface area contributed by atoms with Crippen LogP contribution in [0.25, 0.3) is 11.0 Å². The van der Waals surface area contributed by atoms with E-state index in [-0.39, 0.29) is 5.91 Å². The van der Waals surface area contributed by atoms with Crippen LogP contribution in [0.2, 0.25) is 0 Å². The number of nitrogens with one attached hydrogen (secondary N) is 1. The van der Waals surface area contributed by atoms with Crippen molar-refractivity contribution in [2.45, 2.75) is 26.3 Å². The number of carbonyl (C=O) groups excluding carboxylic acids is 1. The molecule has 0 aliphatic rings. The van der Waals surface area contributed by atoms with Gasteiger partial charge in [0.05, 0.1) is 16.6 Å². The second-order valence-electron chi connectivity index (χ2n) is 5.57. The van der Waals surface area contributed by atoms with Gasteiger partial charge in [0.15, 0.2) is 0 Å². The molecule has 1 N–H and O–H groups in total. The highest BCUT2D eigenvalue weighted by atomic mass is 79.9. The predicted molar refractivity (Wildman–Crippen MR) is 98.0 cm³/mol. The molecule has 3 aromatic rings. The normalized spacial score (nSPS) is 10.9. The van der Waals surface area contributed by atoms with Crippen LogP contribution in [0.1, 0.15) is 29.5 Å². The number of rotatable bonds is 6. The zero-order chi connectivity index (χ0) is 16.9. The quantitative estimate of drug-likeness (QED) is 0.704. The van der Waals surface area contributed by atoms with Crippen molar-refractivity contribution >= 4 is 32.9 Å². The summed E-state index contributed by atoms with van der Waals surface area (Å²) in [4.78, 5) is 20.9. The lowest BCUT2D eigenvalue weighted by molar-refractivity contribution is 0.0953. The highest BCUT2D eigenvalue weighted by molar-refractivity contribution is 9.10. The molecule has 0 saturated carbocycles.